The van der Waals surface area contributed by atoms with Crippen molar-refractivity contribution in [3.8, 4) is 11.1 Å². The summed E-state index contributed by atoms with van der Waals surface area (Å²) in [5.41, 5.74) is 8.26. The van der Waals surface area contributed by atoms with Crippen molar-refractivity contribution in [3.63, 3.8) is 0 Å². The summed E-state index contributed by atoms with van der Waals surface area (Å²) in [5.74, 6) is 0.482. The van der Waals surface area contributed by atoms with Gasteiger partial charge in [0, 0.05) is 39.6 Å². The second kappa shape index (κ2) is 7.73. The Bertz CT molecular complexity index is 755. The van der Waals surface area contributed by atoms with Crippen molar-refractivity contribution < 1.29 is 0 Å². The molecule has 26 heavy (non-hydrogen) atoms. The summed E-state index contributed by atoms with van der Waals surface area (Å²) < 4.78 is 0. The quantitative estimate of drug-likeness (QED) is 0.602. The van der Waals surface area contributed by atoms with E-state index in [4.69, 9.17) is 0 Å². The lowest BCUT2D eigenvalue weighted by atomic mass is 9.76. The molecule has 2 aromatic carbocycles. The van der Waals surface area contributed by atoms with E-state index in [9.17, 15) is 0 Å². The van der Waals surface area contributed by atoms with E-state index >= 15 is 0 Å². The van der Waals surface area contributed by atoms with E-state index in [0.29, 0.717) is 5.92 Å². The number of anilines is 2. The number of nitrogens with zero attached hydrogens (tertiary/aromatic N) is 2. The summed E-state index contributed by atoms with van der Waals surface area (Å²) in [6.45, 7) is 11.6. The summed E-state index contributed by atoms with van der Waals surface area (Å²) in [7, 11) is 8.44. The fourth-order valence-electron chi connectivity index (χ4n) is 3.35. The third-order valence-electron chi connectivity index (χ3n) is 5.60. The molecule has 0 amide bonds. The van der Waals surface area contributed by atoms with Crippen LogP contribution in [-0.2, 0) is 5.41 Å². The van der Waals surface area contributed by atoms with Crippen LogP contribution in [-0.4, -0.2) is 28.2 Å². The minimum Gasteiger partial charge on any atom is -0.378 e. The van der Waals surface area contributed by atoms with Crippen molar-refractivity contribution >= 4 is 11.4 Å². The molecule has 0 aliphatic rings. The van der Waals surface area contributed by atoms with Gasteiger partial charge >= 0.3 is 0 Å². The Balaban J connectivity index is 2.75. The monoisotopic (exact) mass is 352 g/mol. The Morgan fingerprint density at radius 3 is 1.77 bits per heavy atom. The highest BCUT2D eigenvalue weighted by Crippen LogP contribution is 2.41. The van der Waals surface area contributed by atoms with E-state index in [1.54, 1.807) is 0 Å². The molecular formula is C24H36N2. The minimum absolute atomic E-state index is 0.135. The number of hydrogen-bond acceptors (Lipinski definition) is 2. The molecule has 2 aromatic rings. The second-order valence-electron chi connectivity index (χ2n) is 8.68. The zero-order valence-corrected chi connectivity index (χ0v) is 18.1. The fraction of sp³-hybridized carbons (Fsp3) is 0.500. The van der Waals surface area contributed by atoms with Crippen molar-refractivity contribution in [2.45, 2.75) is 52.4 Å². The summed E-state index contributed by atoms with van der Waals surface area (Å²) >= 11 is 0. The maximum atomic E-state index is 2.38. The third kappa shape index (κ3) is 4.06. The van der Waals surface area contributed by atoms with E-state index in [1.807, 2.05) is 0 Å². The van der Waals surface area contributed by atoms with Crippen molar-refractivity contribution in [1.29, 1.82) is 0 Å². The van der Waals surface area contributed by atoms with Gasteiger partial charge < -0.3 is 9.80 Å². The Morgan fingerprint density at radius 1 is 0.808 bits per heavy atom. The molecule has 142 valence electrons. The SMILES string of the molecule is CCC(C)(C)c1cc(N(C)C)ccc1-c1ccc(N(C)C)cc1C(C)C. The summed E-state index contributed by atoms with van der Waals surface area (Å²) in [5, 5.41) is 0. The van der Waals surface area contributed by atoms with E-state index in [1.165, 1.54) is 33.6 Å². The fourth-order valence-corrected chi connectivity index (χ4v) is 3.35. The average molecular weight is 353 g/mol. The number of hydrogen-bond donors (Lipinski definition) is 0. The smallest absolute Gasteiger partial charge is 0.0364 e. The highest BCUT2D eigenvalue weighted by molar-refractivity contribution is 5.77. The van der Waals surface area contributed by atoms with Gasteiger partial charge in [-0.3, -0.25) is 0 Å². The predicted octanol–water partition coefficient (Wildman–Crippen LogP) is 6.30. The first-order chi connectivity index (χ1) is 12.1. The molecule has 2 rings (SSSR count). The first-order valence-corrected chi connectivity index (χ1v) is 9.72. The largest absolute Gasteiger partial charge is 0.378 e. The summed E-state index contributed by atoms with van der Waals surface area (Å²) in [6, 6.07) is 13.8. The first kappa shape index (κ1) is 20.4. The zero-order chi connectivity index (χ0) is 19.6. The lowest BCUT2D eigenvalue weighted by molar-refractivity contribution is 0.507. The molecule has 0 aliphatic heterocycles. The van der Waals surface area contributed by atoms with Gasteiger partial charge in [0.15, 0.2) is 0 Å². The molecule has 0 aliphatic carbocycles. The molecule has 0 atom stereocenters. The Labute approximate surface area is 160 Å². The number of benzene rings is 2. The van der Waals surface area contributed by atoms with Crippen LogP contribution in [0.15, 0.2) is 36.4 Å². The van der Waals surface area contributed by atoms with Crippen LogP contribution >= 0.6 is 0 Å². The number of rotatable bonds is 6. The van der Waals surface area contributed by atoms with Crippen LogP contribution < -0.4 is 9.80 Å². The Hall–Kier alpha value is -1.96. The van der Waals surface area contributed by atoms with Crippen LogP contribution in [0.4, 0.5) is 11.4 Å². The van der Waals surface area contributed by atoms with Gasteiger partial charge in [0.25, 0.3) is 0 Å². The first-order valence-electron chi connectivity index (χ1n) is 9.72. The van der Waals surface area contributed by atoms with Crippen molar-refractivity contribution in [2.75, 3.05) is 38.0 Å². The van der Waals surface area contributed by atoms with Gasteiger partial charge in [-0.15, -0.1) is 0 Å². The highest BCUT2D eigenvalue weighted by Gasteiger charge is 2.24. The highest BCUT2D eigenvalue weighted by atomic mass is 15.1. The molecule has 0 aromatic heterocycles. The predicted molar refractivity (Wildman–Crippen MR) is 118 cm³/mol. The summed E-state index contributed by atoms with van der Waals surface area (Å²) in [4.78, 5) is 4.37. The second-order valence-corrected chi connectivity index (χ2v) is 8.68. The van der Waals surface area contributed by atoms with E-state index in [-0.39, 0.29) is 5.41 Å². The minimum atomic E-state index is 0.135. The molecule has 0 saturated carbocycles. The van der Waals surface area contributed by atoms with Gasteiger partial charge in [-0.1, -0.05) is 46.8 Å². The maximum Gasteiger partial charge on any atom is 0.0364 e. The van der Waals surface area contributed by atoms with Crippen LogP contribution in [0.1, 0.15) is 58.1 Å². The van der Waals surface area contributed by atoms with Crippen LogP contribution in [0.2, 0.25) is 0 Å². The van der Waals surface area contributed by atoms with Crippen molar-refractivity contribution in [1.82, 2.24) is 0 Å². The molecule has 0 heterocycles. The Kier molecular flexibility index (Phi) is 6.05. The van der Waals surface area contributed by atoms with Gasteiger partial charge in [-0.25, -0.2) is 0 Å². The lowest BCUT2D eigenvalue weighted by Crippen LogP contribution is -2.19. The molecule has 2 heteroatoms. The molecule has 0 fully saturated rings. The van der Waals surface area contributed by atoms with Crippen LogP contribution in [0, 0.1) is 0 Å². The van der Waals surface area contributed by atoms with Gasteiger partial charge in [0.05, 0.1) is 0 Å². The van der Waals surface area contributed by atoms with Gasteiger partial charge in [0.2, 0.25) is 0 Å². The molecule has 0 radical (unpaired) electrons. The van der Waals surface area contributed by atoms with E-state index < -0.39 is 0 Å². The molecule has 2 nitrogen and oxygen atoms in total. The van der Waals surface area contributed by atoms with E-state index in [0.717, 1.165) is 6.42 Å². The molecule has 0 N–H and O–H groups in total. The van der Waals surface area contributed by atoms with Gasteiger partial charge in [-0.2, -0.15) is 0 Å². The van der Waals surface area contributed by atoms with Crippen LogP contribution in [0.3, 0.4) is 0 Å². The van der Waals surface area contributed by atoms with E-state index in [2.05, 4.69) is 109 Å². The Morgan fingerprint density at radius 2 is 1.31 bits per heavy atom. The topological polar surface area (TPSA) is 6.48 Å². The van der Waals surface area contributed by atoms with Crippen LogP contribution in [0.5, 0.6) is 0 Å². The molecule has 0 bridgehead atoms. The normalized spacial score (nSPS) is 11.8. The lowest BCUT2D eigenvalue weighted by Gasteiger charge is -2.30. The van der Waals surface area contributed by atoms with Gasteiger partial charge in [-0.05, 0) is 64.3 Å². The van der Waals surface area contributed by atoms with Crippen LogP contribution in [0.25, 0.3) is 11.1 Å². The standard InChI is InChI=1S/C24H36N2/c1-10-24(4,5)23-16-19(26(8)9)12-14-21(23)20-13-11-18(25(6)7)15-22(20)17(2)3/h11-17H,10H2,1-9H3. The average Bonchev–Trinajstić information content (AvgIpc) is 2.60. The zero-order valence-electron chi connectivity index (χ0n) is 18.1. The summed E-state index contributed by atoms with van der Waals surface area (Å²) in [6.07, 6.45) is 1.11. The molecular weight excluding hydrogens is 316 g/mol. The molecule has 0 saturated heterocycles. The molecule has 0 unspecified atom stereocenters. The van der Waals surface area contributed by atoms with Crippen molar-refractivity contribution in [3.05, 3.63) is 47.5 Å². The van der Waals surface area contributed by atoms with Gasteiger partial charge in [0.1, 0.15) is 0 Å². The third-order valence-corrected chi connectivity index (χ3v) is 5.60. The maximum absolute atomic E-state index is 2.38. The van der Waals surface area contributed by atoms with Crippen molar-refractivity contribution in [2.24, 2.45) is 0 Å². The molecule has 0 spiro atoms.